The van der Waals surface area contributed by atoms with Crippen molar-refractivity contribution < 1.29 is 24.2 Å². The predicted octanol–water partition coefficient (Wildman–Crippen LogP) is -1.19. The lowest BCUT2D eigenvalue weighted by atomic mass is 10.3. The number of ether oxygens (including phenoxy) is 1. The second-order valence-corrected chi connectivity index (χ2v) is 3.21. The third kappa shape index (κ3) is 6.77. The molecule has 0 aliphatic heterocycles. The molecule has 0 aromatic rings. The third-order valence-corrected chi connectivity index (χ3v) is 1.76. The first kappa shape index (κ1) is 14.4. The predicted molar refractivity (Wildman–Crippen MR) is 54.5 cm³/mol. The molecule has 0 aromatic heterocycles. The zero-order valence-corrected chi connectivity index (χ0v) is 9.14. The summed E-state index contributed by atoms with van der Waals surface area (Å²) in [6, 6.07) is 0. The standard InChI is InChI=1S/C9H16N2O5/c1-16-4-2-3-8(13)11(5-7(10)12)6-9(14)15/h2-6H2,1H3,(H2,10,12)(H,14,15). The summed E-state index contributed by atoms with van der Waals surface area (Å²) in [5.41, 5.74) is 4.91. The molecule has 3 N–H and O–H groups in total. The number of nitrogens with two attached hydrogens (primary N) is 1. The van der Waals surface area contributed by atoms with Crippen molar-refractivity contribution in [2.75, 3.05) is 26.8 Å². The van der Waals surface area contributed by atoms with Gasteiger partial charge < -0.3 is 20.5 Å². The molecule has 0 radical (unpaired) electrons. The molecule has 0 aliphatic rings. The van der Waals surface area contributed by atoms with Gasteiger partial charge >= 0.3 is 5.97 Å². The molecule has 2 amide bonds. The highest BCUT2D eigenvalue weighted by Gasteiger charge is 2.17. The van der Waals surface area contributed by atoms with Gasteiger partial charge in [0.1, 0.15) is 6.54 Å². The van der Waals surface area contributed by atoms with Crippen molar-refractivity contribution in [1.29, 1.82) is 0 Å². The molecule has 92 valence electrons. The highest BCUT2D eigenvalue weighted by Crippen LogP contribution is 1.98. The summed E-state index contributed by atoms with van der Waals surface area (Å²) < 4.78 is 4.76. The summed E-state index contributed by atoms with van der Waals surface area (Å²) in [4.78, 5) is 33.5. The second-order valence-electron chi connectivity index (χ2n) is 3.21. The molecule has 7 nitrogen and oxygen atoms in total. The number of carbonyl (C=O) groups is 3. The summed E-state index contributed by atoms with van der Waals surface area (Å²) in [7, 11) is 1.50. The lowest BCUT2D eigenvalue weighted by Gasteiger charge is -2.18. The van der Waals surface area contributed by atoms with E-state index in [9.17, 15) is 14.4 Å². The minimum Gasteiger partial charge on any atom is -0.480 e. The van der Waals surface area contributed by atoms with Crippen LogP contribution in [0.15, 0.2) is 0 Å². The van der Waals surface area contributed by atoms with Crippen LogP contribution in [0.4, 0.5) is 0 Å². The van der Waals surface area contributed by atoms with E-state index in [0.29, 0.717) is 13.0 Å². The summed E-state index contributed by atoms with van der Waals surface area (Å²) in [5, 5.41) is 8.55. The maximum atomic E-state index is 11.5. The van der Waals surface area contributed by atoms with Gasteiger partial charge in [-0.3, -0.25) is 14.4 Å². The van der Waals surface area contributed by atoms with Gasteiger partial charge in [-0.05, 0) is 6.42 Å². The number of carboxylic acid groups (broad SMARTS) is 1. The Hall–Kier alpha value is -1.63. The SMILES string of the molecule is COCCCC(=O)N(CC(N)=O)CC(=O)O. The zero-order chi connectivity index (χ0) is 12.6. The van der Waals surface area contributed by atoms with E-state index in [1.807, 2.05) is 0 Å². The summed E-state index contributed by atoms with van der Waals surface area (Å²) in [6.45, 7) is -0.490. The van der Waals surface area contributed by atoms with E-state index in [-0.39, 0.29) is 13.0 Å². The number of primary amides is 1. The molecule has 7 heteroatoms. The number of methoxy groups -OCH3 is 1. The van der Waals surface area contributed by atoms with Crippen LogP contribution in [-0.4, -0.2) is 54.6 Å². The summed E-state index contributed by atoms with van der Waals surface area (Å²) in [5.74, 6) is -2.33. The Kier molecular flexibility index (Phi) is 6.86. The van der Waals surface area contributed by atoms with E-state index in [0.717, 1.165) is 4.90 Å². The molecule has 0 aromatic carbocycles. The first-order chi connectivity index (χ1) is 7.47. The fraction of sp³-hybridized carbons (Fsp3) is 0.667. The van der Waals surface area contributed by atoms with Crippen LogP contribution in [0, 0.1) is 0 Å². The first-order valence-electron chi connectivity index (χ1n) is 4.74. The number of hydrogen-bond acceptors (Lipinski definition) is 4. The average Bonchev–Trinajstić information content (AvgIpc) is 2.15. The Morgan fingerprint density at radius 3 is 2.38 bits per heavy atom. The number of nitrogens with zero attached hydrogens (tertiary/aromatic N) is 1. The van der Waals surface area contributed by atoms with E-state index in [4.69, 9.17) is 15.6 Å². The molecule has 16 heavy (non-hydrogen) atoms. The Bertz CT molecular complexity index is 251. The topological polar surface area (TPSA) is 110 Å². The molecule has 0 heterocycles. The fourth-order valence-electron chi connectivity index (χ4n) is 1.11. The Morgan fingerprint density at radius 1 is 1.31 bits per heavy atom. The van der Waals surface area contributed by atoms with Crippen LogP contribution in [0.25, 0.3) is 0 Å². The molecule has 0 atom stereocenters. The van der Waals surface area contributed by atoms with Gasteiger partial charge in [0.05, 0.1) is 6.54 Å². The van der Waals surface area contributed by atoms with Gasteiger partial charge in [0, 0.05) is 20.1 Å². The van der Waals surface area contributed by atoms with E-state index < -0.39 is 24.3 Å². The number of aliphatic carboxylic acids is 1. The van der Waals surface area contributed by atoms with Crippen molar-refractivity contribution in [2.45, 2.75) is 12.8 Å². The number of amides is 2. The molecule has 0 unspecified atom stereocenters. The number of carboxylic acids is 1. The molecule has 0 saturated heterocycles. The Morgan fingerprint density at radius 2 is 1.94 bits per heavy atom. The molecule has 0 fully saturated rings. The van der Waals surface area contributed by atoms with Gasteiger partial charge in [-0.1, -0.05) is 0 Å². The largest absolute Gasteiger partial charge is 0.480 e. The highest BCUT2D eigenvalue weighted by atomic mass is 16.5. The van der Waals surface area contributed by atoms with Crippen LogP contribution in [0.5, 0.6) is 0 Å². The lowest BCUT2D eigenvalue weighted by molar-refractivity contribution is -0.145. The summed E-state index contributed by atoms with van der Waals surface area (Å²) >= 11 is 0. The van der Waals surface area contributed by atoms with Crippen LogP contribution < -0.4 is 5.73 Å². The van der Waals surface area contributed by atoms with Crippen LogP contribution in [0.2, 0.25) is 0 Å². The smallest absolute Gasteiger partial charge is 0.323 e. The quantitative estimate of drug-likeness (QED) is 0.511. The van der Waals surface area contributed by atoms with Crippen molar-refractivity contribution in [3.05, 3.63) is 0 Å². The number of rotatable bonds is 8. The van der Waals surface area contributed by atoms with E-state index in [1.165, 1.54) is 7.11 Å². The minimum atomic E-state index is -1.18. The molecule has 0 saturated carbocycles. The van der Waals surface area contributed by atoms with Gasteiger partial charge in [-0.2, -0.15) is 0 Å². The number of hydrogen-bond donors (Lipinski definition) is 2. The monoisotopic (exact) mass is 232 g/mol. The molecule has 0 rings (SSSR count). The van der Waals surface area contributed by atoms with Gasteiger partial charge in [0.2, 0.25) is 11.8 Å². The van der Waals surface area contributed by atoms with Crippen molar-refractivity contribution in [3.63, 3.8) is 0 Å². The normalized spacial score (nSPS) is 9.81. The maximum Gasteiger partial charge on any atom is 0.323 e. The van der Waals surface area contributed by atoms with Crippen molar-refractivity contribution in [2.24, 2.45) is 5.73 Å². The van der Waals surface area contributed by atoms with Gasteiger partial charge in [-0.25, -0.2) is 0 Å². The molecule has 0 spiro atoms. The van der Waals surface area contributed by atoms with Crippen LogP contribution in [0.1, 0.15) is 12.8 Å². The van der Waals surface area contributed by atoms with Crippen molar-refractivity contribution >= 4 is 17.8 Å². The van der Waals surface area contributed by atoms with Gasteiger partial charge in [-0.15, -0.1) is 0 Å². The highest BCUT2D eigenvalue weighted by molar-refractivity contribution is 5.86. The van der Waals surface area contributed by atoms with Gasteiger partial charge in [0.25, 0.3) is 0 Å². The van der Waals surface area contributed by atoms with E-state index in [1.54, 1.807) is 0 Å². The van der Waals surface area contributed by atoms with Crippen LogP contribution in [-0.2, 0) is 19.1 Å². The molecule has 0 bridgehead atoms. The fourth-order valence-corrected chi connectivity index (χ4v) is 1.11. The van der Waals surface area contributed by atoms with Crippen LogP contribution in [0.3, 0.4) is 0 Å². The third-order valence-electron chi connectivity index (χ3n) is 1.76. The minimum absolute atomic E-state index is 0.133. The molecule has 0 aliphatic carbocycles. The maximum absolute atomic E-state index is 11.5. The first-order valence-corrected chi connectivity index (χ1v) is 4.74. The van der Waals surface area contributed by atoms with Crippen molar-refractivity contribution in [1.82, 2.24) is 4.90 Å². The Balaban J connectivity index is 4.20. The van der Waals surface area contributed by atoms with E-state index >= 15 is 0 Å². The van der Waals surface area contributed by atoms with Crippen LogP contribution >= 0.6 is 0 Å². The second kappa shape index (κ2) is 7.63. The van der Waals surface area contributed by atoms with E-state index in [2.05, 4.69) is 0 Å². The molecular formula is C9H16N2O5. The van der Waals surface area contributed by atoms with Gasteiger partial charge in [0.15, 0.2) is 0 Å². The average molecular weight is 232 g/mol. The summed E-state index contributed by atoms with van der Waals surface area (Å²) in [6.07, 6.45) is 0.610. The number of carbonyl (C=O) groups excluding carboxylic acids is 2. The molecular weight excluding hydrogens is 216 g/mol. The van der Waals surface area contributed by atoms with Crippen molar-refractivity contribution in [3.8, 4) is 0 Å². The zero-order valence-electron chi connectivity index (χ0n) is 9.14. The Labute approximate surface area is 93.2 Å². The lowest BCUT2D eigenvalue weighted by Crippen LogP contribution is -2.41.